The van der Waals surface area contributed by atoms with Gasteiger partial charge in [-0.15, -0.1) is 0 Å². The molecule has 0 spiro atoms. The summed E-state index contributed by atoms with van der Waals surface area (Å²) >= 11 is 0. The molecule has 25 heavy (non-hydrogen) atoms. The Morgan fingerprint density at radius 1 is 1.20 bits per heavy atom. The first-order valence-electron chi connectivity index (χ1n) is 8.32. The van der Waals surface area contributed by atoms with Crippen molar-refractivity contribution in [2.45, 2.75) is 51.7 Å². The van der Waals surface area contributed by atoms with E-state index < -0.39 is 35.5 Å². The third kappa shape index (κ3) is 4.40. The number of hydrogen-bond donors (Lipinski definition) is 1. The fraction of sp³-hybridized carbons (Fsp3) is 0.750. The Hall–Kier alpha value is -2.32. The lowest BCUT2D eigenvalue weighted by atomic mass is 9.88. The van der Waals surface area contributed by atoms with E-state index in [2.05, 4.69) is 5.43 Å². The number of nitrogens with zero attached hydrogens (tertiary/aromatic N) is 2. The molecule has 1 N–H and O–H groups in total. The highest BCUT2D eigenvalue weighted by atomic mass is 16.6. The molecular formula is C16H25N3O6. The molecule has 1 unspecified atom stereocenters. The molecule has 3 amide bonds. The highest BCUT2D eigenvalue weighted by Crippen LogP contribution is 2.28. The molecule has 140 valence electrons. The van der Waals surface area contributed by atoms with Crippen LogP contribution < -0.4 is 5.43 Å². The molecule has 9 nitrogen and oxygen atoms in total. The SMILES string of the molecule is COC(=O)[C@@H]1CCCN2C(=O)CCN(NC(=O)OC(C)(C)C)C(=O)C12. The molecule has 2 rings (SSSR count). The minimum absolute atomic E-state index is 0.0256. The second kappa shape index (κ2) is 7.28. The van der Waals surface area contributed by atoms with E-state index in [4.69, 9.17) is 9.47 Å². The first-order valence-corrected chi connectivity index (χ1v) is 8.32. The van der Waals surface area contributed by atoms with E-state index >= 15 is 0 Å². The fourth-order valence-electron chi connectivity index (χ4n) is 3.12. The van der Waals surface area contributed by atoms with Gasteiger partial charge in [0, 0.05) is 13.0 Å². The average Bonchev–Trinajstić information content (AvgIpc) is 2.64. The van der Waals surface area contributed by atoms with Crippen molar-refractivity contribution in [2.75, 3.05) is 20.2 Å². The van der Waals surface area contributed by atoms with Gasteiger partial charge in [0.25, 0.3) is 5.91 Å². The largest absolute Gasteiger partial charge is 0.469 e. The molecule has 0 aromatic heterocycles. The Morgan fingerprint density at radius 2 is 1.88 bits per heavy atom. The Balaban J connectivity index is 2.21. The van der Waals surface area contributed by atoms with Crippen LogP contribution in [0.1, 0.15) is 40.0 Å². The summed E-state index contributed by atoms with van der Waals surface area (Å²) in [6, 6.07) is -0.967. The Morgan fingerprint density at radius 3 is 2.48 bits per heavy atom. The first-order chi connectivity index (χ1) is 11.6. The van der Waals surface area contributed by atoms with Crippen LogP contribution in [0.15, 0.2) is 0 Å². The zero-order chi connectivity index (χ0) is 18.8. The molecule has 2 aliphatic rings. The van der Waals surface area contributed by atoms with Gasteiger partial charge in [-0.25, -0.2) is 15.2 Å². The number of amides is 3. The molecule has 9 heteroatoms. The summed E-state index contributed by atoms with van der Waals surface area (Å²) in [5.74, 6) is -2.00. The van der Waals surface area contributed by atoms with Crippen molar-refractivity contribution in [3.8, 4) is 0 Å². The maximum atomic E-state index is 12.9. The highest BCUT2D eigenvalue weighted by molar-refractivity contribution is 5.94. The van der Waals surface area contributed by atoms with Gasteiger partial charge in [0.15, 0.2) is 0 Å². The molecule has 0 aromatic rings. The van der Waals surface area contributed by atoms with E-state index in [1.807, 2.05) is 0 Å². The molecule has 0 aliphatic carbocycles. The van der Waals surface area contributed by atoms with Crippen molar-refractivity contribution >= 4 is 23.9 Å². The van der Waals surface area contributed by atoms with E-state index in [-0.39, 0.29) is 18.9 Å². The second-order valence-electron chi connectivity index (χ2n) is 7.16. The molecular weight excluding hydrogens is 330 g/mol. The normalized spacial score (nSPS) is 24.3. The Labute approximate surface area is 146 Å². The zero-order valence-electron chi connectivity index (χ0n) is 15.0. The molecule has 2 atom stereocenters. The first kappa shape index (κ1) is 19.0. The number of rotatable bonds is 2. The van der Waals surface area contributed by atoms with E-state index in [0.717, 1.165) is 5.01 Å². The number of carbonyl (C=O) groups excluding carboxylic acids is 4. The molecule has 2 heterocycles. The molecule has 0 radical (unpaired) electrons. The average molecular weight is 355 g/mol. The van der Waals surface area contributed by atoms with Gasteiger partial charge in [0.1, 0.15) is 11.6 Å². The number of nitrogens with one attached hydrogen (secondary N) is 1. The summed E-state index contributed by atoms with van der Waals surface area (Å²) in [5.41, 5.74) is 1.67. The maximum absolute atomic E-state index is 12.9. The van der Waals surface area contributed by atoms with Gasteiger partial charge in [-0.3, -0.25) is 14.4 Å². The summed E-state index contributed by atoms with van der Waals surface area (Å²) in [6.45, 7) is 5.55. The van der Waals surface area contributed by atoms with Crippen molar-refractivity contribution in [1.82, 2.24) is 15.3 Å². The van der Waals surface area contributed by atoms with Crippen LogP contribution in [0.25, 0.3) is 0 Å². The van der Waals surface area contributed by atoms with Crippen LogP contribution in [0.2, 0.25) is 0 Å². The van der Waals surface area contributed by atoms with Crippen LogP contribution in [-0.2, 0) is 23.9 Å². The molecule has 0 saturated carbocycles. The molecule has 0 bridgehead atoms. The predicted octanol–water partition coefficient (Wildman–Crippen LogP) is 0.439. The van der Waals surface area contributed by atoms with E-state index in [0.29, 0.717) is 19.4 Å². The maximum Gasteiger partial charge on any atom is 0.426 e. The lowest BCUT2D eigenvalue weighted by molar-refractivity contribution is -0.159. The third-order valence-electron chi connectivity index (χ3n) is 4.15. The van der Waals surface area contributed by atoms with Crippen molar-refractivity contribution in [3.05, 3.63) is 0 Å². The predicted molar refractivity (Wildman–Crippen MR) is 85.9 cm³/mol. The van der Waals surface area contributed by atoms with E-state index in [9.17, 15) is 19.2 Å². The molecule has 0 aromatic carbocycles. The van der Waals surface area contributed by atoms with Gasteiger partial charge in [0.2, 0.25) is 5.91 Å². The van der Waals surface area contributed by atoms with Gasteiger partial charge >= 0.3 is 12.1 Å². The third-order valence-corrected chi connectivity index (χ3v) is 4.15. The molecule has 2 saturated heterocycles. The monoisotopic (exact) mass is 355 g/mol. The fourth-order valence-corrected chi connectivity index (χ4v) is 3.12. The van der Waals surface area contributed by atoms with Crippen molar-refractivity contribution in [2.24, 2.45) is 5.92 Å². The summed E-state index contributed by atoms with van der Waals surface area (Å²) < 4.78 is 9.94. The summed E-state index contributed by atoms with van der Waals surface area (Å²) in [7, 11) is 1.25. The highest BCUT2D eigenvalue weighted by Gasteiger charge is 2.47. The number of piperidine rings is 1. The van der Waals surface area contributed by atoms with Crippen LogP contribution in [0.5, 0.6) is 0 Å². The topological polar surface area (TPSA) is 105 Å². The number of hydrogen-bond acceptors (Lipinski definition) is 6. The summed E-state index contributed by atoms with van der Waals surface area (Å²) in [5, 5.41) is 1.07. The number of ether oxygens (including phenoxy) is 2. The second-order valence-corrected chi connectivity index (χ2v) is 7.16. The lowest BCUT2D eigenvalue weighted by Gasteiger charge is -2.38. The van der Waals surface area contributed by atoms with Crippen molar-refractivity contribution < 1.29 is 28.7 Å². The van der Waals surface area contributed by atoms with Gasteiger partial charge in [-0.05, 0) is 33.6 Å². The van der Waals surface area contributed by atoms with Crippen LogP contribution in [-0.4, -0.2) is 65.6 Å². The minimum Gasteiger partial charge on any atom is -0.469 e. The van der Waals surface area contributed by atoms with Gasteiger partial charge < -0.3 is 14.4 Å². The van der Waals surface area contributed by atoms with Crippen LogP contribution in [0.3, 0.4) is 0 Å². The van der Waals surface area contributed by atoms with Gasteiger partial charge in [-0.1, -0.05) is 0 Å². The number of fused-ring (bicyclic) bond motifs is 1. The van der Waals surface area contributed by atoms with Crippen LogP contribution in [0, 0.1) is 5.92 Å². The van der Waals surface area contributed by atoms with E-state index in [1.54, 1.807) is 20.8 Å². The number of esters is 1. The molecule has 2 aliphatic heterocycles. The smallest absolute Gasteiger partial charge is 0.426 e. The summed E-state index contributed by atoms with van der Waals surface area (Å²) in [4.78, 5) is 50.7. The number of methoxy groups -OCH3 is 1. The van der Waals surface area contributed by atoms with Gasteiger partial charge in [-0.2, -0.15) is 0 Å². The Kier molecular flexibility index (Phi) is 5.54. The minimum atomic E-state index is -0.967. The van der Waals surface area contributed by atoms with Crippen LogP contribution in [0.4, 0.5) is 4.79 Å². The van der Waals surface area contributed by atoms with E-state index in [1.165, 1.54) is 12.0 Å². The number of carbonyl (C=O) groups is 4. The van der Waals surface area contributed by atoms with Gasteiger partial charge in [0.05, 0.1) is 19.6 Å². The van der Waals surface area contributed by atoms with Crippen LogP contribution >= 0.6 is 0 Å². The summed E-state index contributed by atoms with van der Waals surface area (Å²) in [6.07, 6.45) is 0.348. The van der Waals surface area contributed by atoms with Crippen molar-refractivity contribution in [1.29, 1.82) is 0 Å². The Bertz CT molecular complexity index is 571. The standard InChI is InChI=1S/C16H25N3O6/c1-16(2,3)25-15(23)17-19-9-7-11(20)18-8-5-6-10(14(22)24-4)12(18)13(19)21/h10,12H,5-9H2,1-4H3,(H,17,23)/t10-,12?/m1/s1. The lowest BCUT2D eigenvalue weighted by Crippen LogP contribution is -2.59. The quantitative estimate of drug-likeness (QED) is 0.721. The van der Waals surface area contributed by atoms with Crippen molar-refractivity contribution in [3.63, 3.8) is 0 Å². The number of hydrazine groups is 1. The zero-order valence-corrected chi connectivity index (χ0v) is 15.0. The molecule has 2 fully saturated rings.